The van der Waals surface area contributed by atoms with Crippen LogP contribution in [0.5, 0.6) is 0 Å². The second-order valence-electron chi connectivity index (χ2n) is 21.7. The Bertz CT molecular complexity index is 1660. The number of benzene rings is 2. The predicted octanol–water partition coefficient (Wildman–Crippen LogP) is 16.5. The normalized spacial score (nSPS) is 30.7. The number of aliphatic hydroxyl groups excluding tert-OH is 1. The molecule has 5 saturated carbocycles. The van der Waals surface area contributed by atoms with Gasteiger partial charge in [-0.2, -0.15) is 0 Å². The van der Waals surface area contributed by atoms with Crippen molar-refractivity contribution in [2.45, 2.75) is 209 Å². The van der Waals surface area contributed by atoms with E-state index < -0.39 is 0 Å². The minimum atomic E-state index is -0.345. The van der Waals surface area contributed by atoms with Crippen molar-refractivity contribution in [1.29, 1.82) is 0 Å². The quantitative estimate of drug-likeness (QED) is 0.174. The number of carbonyl (C=O) groups is 2. The Morgan fingerprint density at radius 2 is 1.42 bits per heavy atom. The van der Waals surface area contributed by atoms with E-state index in [0.717, 1.165) is 65.8 Å². The zero-order valence-corrected chi connectivity index (χ0v) is 44.4. The van der Waals surface area contributed by atoms with Crippen LogP contribution >= 0.6 is 11.9 Å². The Hall–Kier alpha value is -2.31. The van der Waals surface area contributed by atoms with Crippen LogP contribution in [0, 0.1) is 70.5 Å². The fourth-order valence-corrected chi connectivity index (χ4v) is 14.7. The summed E-state index contributed by atoms with van der Waals surface area (Å²) in [5.41, 5.74) is 5.12. The van der Waals surface area contributed by atoms with E-state index in [1.807, 2.05) is 26.0 Å². The molecule has 0 spiro atoms. The summed E-state index contributed by atoms with van der Waals surface area (Å²) in [4.78, 5) is 25.0. The van der Waals surface area contributed by atoms with Crippen molar-refractivity contribution in [1.82, 2.24) is 4.72 Å². The van der Waals surface area contributed by atoms with E-state index in [1.165, 1.54) is 133 Å². The molecule has 7 rings (SSSR count). The zero-order chi connectivity index (χ0) is 47.7. The molecule has 10 unspecified atom stereocenters. The SMILES string of the molecule is CC.CCC(C)C1(C)CCCCC1C(C)C.CO.COC(=O)c1ccc(SNC(=O)CCCC2CCC3C4CCC5CCCCC5(C)C4CCC23C)cc1.Cc1ccccc1C(C)C. The van der Waals surface area contributed by atoms with Crippen molar-refractivity contribution < 1.29 is 19.4 Å². The molecule has 5 fully saturated rings. The van der Waals surface area contributed by atoms with Gasteiger partial charge in [-0.05, 0) is 201 Å². The average Bonchev–Trinajstić information content (AvgIpc) is 3.65. The van der Waals surface area contributed by atoms with E-state index in [4.69, 9.17) is 9.84 Å². The molecule has 5 aliphatic carbocycles. The van der Waals surface area contributed by atoms with Crippen molar-refractivity contribution in [2.75, 3.05) is 14.2 Å². The maximum Gasteiger partial charge on any atom is 0.337 e. The highest BCUT2D eigenvalue weighted by Gasteiger charge is 2.59. The molecule has 2 N–H and O–H groups in total. The lowest BCUT2D eigenvalue weighted by Crippen LogP contribution is -2.52. The van der Waals surface area contributed by atoms with Gasteiger partial charge in [-0.3, -0.25) is 9.52 Å². The first-order valence-electron chi connectivity index (χ1n) is 26.2. The molecule has 6 heteroatoms. The Morgan fingerprint density at radius 1 is 0.781 bits per heavy atom. The minimum Gasteiger partial charge on any atom is -0.465 e. The molecule has 0 aliphatic heterocycles. The van der Waals surface area contributed by atoms with Gasteiger partial charge in [0.05, 0.1) is 12.7 Å². The number of fused-ring (bicyclic) bond motifs is 5. The number of ether oxygens (including phenoxy) is 1. The first-order chi connectivity index (χ1) is 30.6. The Kier molecular flexibility index (Phi) is 23.5. The van der Waals surface area contributed by atoms with Gasteiger partial charge in [-0.25, -0.2) is 4.79 Å². The molecule has 0 radical (unpaired) electrons. The molecule has 0 bridgehead atoms. The summed E-state index contributed by atoms with van der Waals surface area (Å²) >= 11 is 1.33. The molecule has 5 nitrogen and oxygen atoms in total. The van der Waals surface area contributed by atoms with Crippen LogP contribution in [0.2, 0.25) is 0 Å². The monoisotopic (exact) mass is 904 g/mol. The molecule has 1 amide bonds. The molecule has 64 heavy (non-hydrogen) atoms. The highest BCUT2D eigenvalue weighted by Crippen LogP contribution is 2.68. The molecule has 0 aromatic heterocycles. The van der Waals surface area contributed by atoms with Crippen LogP contribution in [0.4, 0.5) is 0 Å². The van der Waals surface area contributed by atoms with E-state index in [2.05, 4.69) is 98.2 Å². The van der Waals surface area contributed by atoms with E-state index >= 15 is 0 Å². The second kappa shape index (κ2) is 26.9. The second-order valence-corrected chi connectivity index (χ2v) is 22.6. The van der Waals surface area contributed by atoms with Gasteiger partial charge in [0.25, 0.3) is 0 Å². The maximum atomic E-state index is 12.5. The number of amides is 1. The molecule has 0 heterocycles. The minimum absolute atomic E-state index is 0.101. The Labute approximate surface area is 398 Å². The van der Waals surface area contributed by atoms with Crippen LogP contribution in [-0.4, -0.2) is 31.2 Å². The largest absolute Gasteiger partial charge is 0.465 e. The number of nitrogens with one attached hydrogen (secondary N) is 1. The van der Waals surface area contributed by atoms with Crippen molar-refractivity contribution in [2.24, 2.45) is 63.6 Å². The highest BCUT2D eigenvalue weighted by molar-refractivity contribution is 7.98. The van der Waals surface area contributed by atoms with Crippen LogP contribution < -0.4 is 4.72 Å². The summed E-state index contributed by atoms with van der Waals surface area (Å²) in [6, 6.07) is 15.7. The summed E-state index contributed by atoms with van der Waals surface area (Å²) < 4.78 is 7.72. The standard InChI is InChI=1S/C31H45NO3S.C14H28.C10H14.C2H6.CH4O/c1-30-19-5-4-7-22(30)12-16-25-26-17-13-23(31(26,2)20-18-27(25)30)8-6-9-28(33)32-36-24-14-10-21(11-15-24)29(34)35-3;1-6-12(4)14(5)10-8-7-9-13(14)11(2)3;1-8(2)10-7-5-4-6-9(10)3;2*1-2/h10-11,14-15,22-23,25-27H,4-9,12-13,16-20H2,1-3H3,(H,32,33);11-13H,6-10H2,1-5H3;4-8H,1-3H3;1-2H3;2H,1H3. The van der Waals surface area contributed by atoms with Gasteiger partial charge in [-0.1, -0.05) is 133 Å². The van der Waals surface area contributed by atoms with Crippen molar-refractivity contribution in [3.63, 3.8) is 0 Å². The number of aryl methyl sites for hydroxylation is 1. The van der Waals surface area contributed by atoms with E-state index in [-0.39, 0.29) is 11.9 Å². The van der Waals surface area contributed by atoms with Crippen molar-refractivity contribution >= 4 is 23.8 Å². The van der Waals surface area contributed by atoms with Crippen LogP contribution in [0.25, 0.3) is 0 Å². The van der Waals surface area contributed by atoms with Gasteiger partial charge in [0.1, 0.15) is 0 Å². The number of esters is 1. The summed E-state index contributed by atoms with van der Waals surface area (Å²) in [6.45, 7) is 28.1. The molecule has 2 aromatic carbocycles. The van der Waals surface area contributed by atoms with E-state index in [9.17, 15) is 9.59 Å². The van der Waals surface area contributed by atoms with Gasteiger partial charge < -0.3 is 9.84 Å². The first-order valence-corrected chi connectivity index (χ1v) is 27.0. The number of methoxy groups -OCH3 is 1. The number of aliphatic hydroxyl groups is 1. The van der Waals surface area contributed by atoms with E-state index in [0.29, 0.717) is 34.1 Å². The number of rotatable bonds is 11. The van der Waals surface area contributed by atoms with Crippen LogP contribution in [0.1, 0.15) is 219 Å². The van der Waals surface area contributed by atoms with E-state index in [1.54, 1.807) is 12.1 Å². The lowest BCUT2D eigenvalue weighted by molar-refractivity contribution is -0.119. The lowest BCUT2D eigenvalue weighted by Gasteiger charge is -2.60. The van der Waals surface area contributed by atoms with Gasteiger partial charge >= 0.3 is 5.97 Å². The highest BCUT2D eigenvalue weighted by atomic mass is 32.2. The number of carbonyl (C=O) groups excluding carboxylic acids is 2. The number of hydrogen-bond acceptors (Lipinski definition) is 5. The Morgan fingerprint density at radius 3 is 2.03 bits per heavy atom. The van der Waals surface area contributed by atoms with Gasteiger partial charge in [0, 0.05) is 18.4 Å². The average molecular weight is 904 g/mol. The van der Waals surface area contributed by atoms with Crippen LogP contribution in [0.15, 0.2) is 53.4 Å². The molecule has 5 aliphatic rings. The summed E-state index contributed by atoms with van der Waals surface area (Å²) in [5, 5.41) is 7.00. The zero-order valence-electron chi connectivity index (χ0n) is 43.6. The number of hydrogen-bond donors (Lipinski definition) is 2. The fourth-order valence-electron chi connectivity index (χ4n) is 14.1. The van der Waals surface area contributed by atoms with Crippen LogP contribution in [0.3, 0.4) is 0 Å². The lowest BCUT2D eigenvalue weighted by atomic mass is 9.45. The smallest absolute Gasteiger partial charge is 0.337 e. The molecular weight excluding hydrogens is 807 g/mol. The molecule has 10 atom stereocenters. The predicted molar refractivity (Wildman–Crippen MR) is 275 cm³/mol. The van der Waals surface area contributed by atoms with Gasteiger partial charge in [-0.15, -0.1) is 0 Å². The summed E-state index contributed by atoms with van der Waals surface area (Å²) in [5.74, 6) is 7.76. The third-order valence-corrected chi connectivity index (χ3v) is 18.8. The fraction of sp³-hybridized carbons (Fsp3) is 0.759. The van der Waals surface area contributed by atoms with Crippen LogP contribution in [-0.2, 0) is 9.53 Å². The van der Waals surface area contributed by atoms with Crippen molar-refractivity contribution in [3.05, 3.63) is 65.2 Å². The summed E-state index contributed by atoms with van der Waals surface area (Å²) in [6.07, 6.45) is 24.5. The van der Waals surface area contributed by atoms with Gasteiger partial charge in [0.15, 0.2) is 0 Å². The molecule has 2 aromatic rings. The topological polar surface area (TPSA) is 75.6 Å². The third kappa shape index (κ3) is 13.9. The molecular formula is C58H97NO4S. The molecule has 364 valence electrons. The Balaban J connectivity index is 0.000000318. The third-order valence-electron chi connectivity index (χ3n) is 18.0. The van der Waals surface area contributed by atoms with Crippen molar-refractivity contribution in [3.8, 4) is 0 Å². The maximum absolute atomic E-state index is 12.5. The first kappa shape index (κ1) is 56.0. The molecule has 0 saturated heterocycles. The van der Waals surface area contributed by atoms with Gasteiger partial charge in [0.2, 0.25) is 5.91 Å². The summed E-state index contributed by atoms with van der Waals surface area (Å²) in [7, 11) is 2.38.